The van der Waals surface area contributed by atoms with E-state index >= 15 is 0 Å². The summed E-state index contributed by atoms with van der Waals surface area (Å²) in [4.78, 5) is 24.8. The molecule has 0 aliphatic carbocycles. The van der Waals surface area contributed by atoms with Gasteiger partial charge in [0.1, 0.15) is 5.41 Å². The summed E-state index contributed by atoms with van der Waals surface area (Å²) in [5.74, 6) is -0.819. The molecule has 0 aliphatic heterocycles. The number of rotatable bonds is 10. The first-order valence-corrected chi connectivity index (χ1v) is 8.30. The van der Waals surface area contributed by atoms with Gasteiger partial charge in [-0.2, -0.15) is 0 Å². The van der Waals surface area contributed by atoms with Crippen molar-refractivity contribution in [1.82, 2.24) is 5.32 Å². The fourth-order valence-electron chi connectivity index (χ4n) is 2.59. The minimum absolute atomic E-state index is 0.275. The van der Waals surface area contributed by atoms with Crippen LogP contribution in [0.5, 0.6) is 0 Å². The Balaban J connectivity index is 2.86. The average Bonchev–Trinajstić information content (AvgIpc) is 2.56. The maximum Gasteiger partial charge on any atom is 0.236 e. The number of carbonyl (C=O) groups excluding carboxylic acids is 2. The number of amides is 2. The van der Waals surface area contributed by atoms with E-state index in [2.05, 4.69) is 12.2 Å². The third-order valence-electron chi connectivity index (χ3n) is 4.11. The predicted octanol–water partition coefficient (Wildman–Crippen LogP) is 3.32. The molecule has 126 valence electrons. The summed E-state index contributed by atoms with van der Waals surface area (Å²) >= 11 is 0. The molecular formula is C19H28N2O2. The van der Waals surface area contributed by atoms with E-state index in [0.29, 0.717) is 19.4 Å². The Hall–Kier alpha value is -2.10. The Labute approximate surface area is 139 Å². The van der Waals surface area contributed by atoms with Crippen molar-refractivity contribution in [2.75, 3.05) is 0 Å². The number of nitrogens with two attached hydrogens (primary N) is 1. The summed E-state index contributed by atoms with van der Waals surface area (Å²) in [7, 11) is 0. The van der Waals surface area contributed by atoms with Crippen LogP contribution in [-0.4, -0.2) is 11.8 Å². The number of hydrogen-bond donors (Lipinski definition) is 2. The van der Waals surface area contributed by atoms with Gasteiger partial charge in [0.15, 0.2) is 0 Å². The quantitative estimate of drug-likeness (QED) is 0.395. The fourth-order valence-corrected chi connectivity index (χ4v) is 2.59. The highest BCUT2D eigenvalue weighted by Gasteiger charge is 2.42. The van der Waals surface area contributed by atoms with E-state index < -0.39 is 11.3 Å². The number of allylic oxidation sites excluding steroid dienone is 2. The average molecular weight is 316 g/mol. The first-order valence-electron chi connectivity index (χ1n) is 8.30. The summed E-state index contributed by atoms with van der Waals surface area (Å²) in [6.45, 7) is 4.37. The van der Waals surface area contributed by atoms with Crippen molar-refractivity contribution >= 4 is 11.8 Å². The van der Waals surface area contributed by atoms with E-state index in [1.807, 2.05) is 49.4 Å². The van der Waals surface area contributed by atoms with Gasteiger partial charge in [0.2, 0.25) is 11.8 Å². The predicted molar refractivity (Wildman–Crippen MR) is 93.5 cm³/mol. The summed E-state index contributed by atoms with van der Waals surface area (Å²) in [5.41, 5.74) is 5.47. The molecule has 0 saturated heterocycles. The molecule has 0 heterocycles. The molecule has 23 heavy (non-hydrogen) atoms. The molecule has 1 aromatic carbocycles. The van der Waals surface area contributed by atoms with Crippen molar-refractivity contribution in [3.63, 3.8) is 0 Å². The van der Waals surface area contributed by atoms with E-state index in [9.17, 15) is 9.59 Å². The van der Waals surface area contributed by atoms with E-state index in [-0.39, 0.29) is 5.91 Å². The van der Waals surface area contributed by atoms with Gasteiger partial charge in [0.25, 0.3) is 0 Å². The lowest BCUT2D eigenvalue weighted by Gasteiger charge is -2.28. The highest BCUT2D eigenvalue weighted by molar-refractivity contribution is 6.04. The summed E-state index contributed by atoms with van der Waals surface area (Å²) < 4.78 is 0. The maximum atomic E-state index is 12.7. The van der Waals surface area contributed by atoms with Crippen LogP contribution < -0.4 is 11.1 Å². The number of primary amides is 1. The second kappa shape index (κ2) is 9.82. The molecule has 0 aromatic heterocycles. The van der Waals surface area contributed by atoms with Crippen molar-refractivity contribution < 1.29 is 9.59 Å². The number of carbonyl (C=O) groups is 2. The Kier molecular flexibility index (Phi) is 8.09. The first-order chi connectivity index (χ1) is 11.1. The lowest BCUT2D eigenvalue weighted by molar-refractivity contribution is -0.142. The molecule has 3 N–H and O–H groups in total. The van der Waals surface area contributed by atoms with Crippen molar-refractivity contribution in [3.8, 4) is 0 Å². The van der Waals surface area contributed by atoms with Crippen LogP contribution in [0.2, 0.25) is 0 Å². The Bertz CT molecular complexity index is 525. The van der Waals surface area contributed by atoms with E-state index in [0.717, 1.165) is 24.8 Å². The highest BCUT2D eigenvalue weighted by Crippen LogP contribution is 2.30. The molecule has 0 saturated carbocycles. The third-order valence-corrected chi connectivity index (χ3v) is 4.11. The van der Waals surface area contributed by atoms with Gasteiger partial charge >= 0.3 is 0 Å². The van der Waals surface area contributed by atoms with Crippen molar-refractivity contribution in [1.29, 1.82) is 0 Å². The van der Waals surface area contributed by atoms with Crippen molar-refractivity contribution in [3.05, 3.63) is 48.0 Å². The molecule has 4 heteroatoms. The van der Waals surface area contributed by atoms with Crippen LogP contribution in [-0.2, 0) is 16.1 Å². The van der Waals surface area contributed by atoms with E-state index in [4.69, 9.17) is 5.73 Å². The smallest absolute Gasteiger partial charge is 0.236 e. The molecule has 0 aliphatic rings. The number of hydrogen-bond acceptors (Lipinski definition) is 2. The van der Waals surface area contributed by atoms with Crippen LogP contribution in [0.15, 0.2) is 42.5 Å². The van der Waals surface area contributed by atoms with Gasteiger partial charge < -0.3 is 11.1 Å². The van der Waals surface area contributed by atoms with Crippen LogP contribution in [0.25, 0.3) is 0 Å². The molecule has 2 amide bonds. The molecular weight excluding hydrogens is 288 g/mol. The summed E-state index contributed by atoms with van der Waals surface area (Å²) in [6, 6.07) is 9.65. The van der Waals surface area contributed by atoms with Crippen LogP contribution in [0.3, 0.4) is 0 Å². The Morgan fingerprint density at radius 2 is 1.91 bits per heavy atom. The molecule has 1 atom stereocenters. The monoisotopic (exact) mass is 316 g/mol. The van der Waals surface area contributed by atoms with Gasteiger partial charge in [-0.15, -0.1) is 0 Å². The van der Waals surface area contributed by atoms with Crippen molar-refractivity contribution in [2.45, 2.75) is 52.5 Å². The number of nitrogens with one attached hydrogen (secondary N) is 1. The van der Waals surface area contributed by atoms with E-state index in [1.165, 1.54) is 0 Å². The zero-order valence-electron chi connectivity index (χ0n) is 14.2. The fraction of sp³-hybridized carbons (Fsp3) is 0.474. The molecule has 0 bridgehead atoms. The number of benzene rings is 1. The maximum absolute atomic E-state index is 12.7. The second-order valence-electron chi connectivity index (χ2n) is 5.84. The second-order valence-corrected chi connectivity index (χ2v) is 5.84. The molecule has 1 aromatic rings. The topological polar surface area (TPSA) is 72.2 Å². The molecule has 0 radical (unpaired) electrons. The molecule has 1 unspecified atom stereocenters. The summed E-state index contributed by atoms with van der Waals surface area (Å²) in [5, 5.41) is 2.88. The zero-order chi connectivity index (χ0) is 17.1. The normalized spacial score (nSPS) is 13.7. The van der Waals surface area contributed by atoms with Crippen molar-refractivity contribution in [2.24, 2.45) is 11.1 Å². The van der Waals surface area contributed by atoms with Crippen LogP contribution in [0.1, 0.15) is 51.5 Å². The minimum Gasteiger partial charge on any atom is -0.369 e. The lowest BCUT2D eigenvalue weighted by atomic mass is 9.77. The van der Waals surface area contributed by atoms with Gasteiger partial charge in [-0.25, -0.2) is 0 Å². The van der Waals surface area contributed by atoms with Gasteiger partial charge in [-0.05, 0) is 25.3 Å². The van der Waals surface area contributed by atoms with Gasteiger partial charge in [0.05, 0.1) is 0 Å². The third kappa shape index (κ3) is 5.55. The Morgan fingerprint density at radius 3 is 2.48 bits per heavy atom. The van der Waals surface area contributed by atoms with Crippen LogP contribution in [0.4, 0.5) is 0 Å². The SMILES string of the molecule is CC=CCC(CCCCC)(C(N)=O)C(=O)NCc1ccccc1. The van der Waals surface area contributed by atoms with Gasteiger partial charge in [-0.1, -0.05) is 68.7 Å². The molecule has 1 rings (SSSR count). The molecule has 0 fully saturated rings. The summed E-state index contributed by atoms with van der Waals surface area (Å²) in [6.07, 6.45) is 7.36. The van der Waals surface area contributed by atoms with E-state index in [1.54, 1.807) is 0 Å². The van der Waals surface area contributed by atoms with Gasteiger partial charge in [0, 0.05) is 6.54 Å². The van der Waals surface area contributed by atoms with Crippen LogP contribution >= 0.6 is 0 Å². The number of unbranched alkanes of at least 4 members (excludes halogenated alkanes) is 2. The lowest BCUT2D eigenvalue weighted by Crippen LogP contribution is -2.49. The van der Waals surface area contributed by atoms with Gasteiger partial charge in [-0.3, -0.25) is 9.59 Å². The largest absolute Gasteiger partial charge is 0.369 e. The first kappa shape index (κ1) is 18.9. The zero-order valence-corrected chi connectivity index (χ0v) is 14.2. The standard InChI is InChI=1S/C19H28N2O2/c1-3-5-10-14-19(17(20)22,13-6-4-2)18(23)21-15-16-11-8-7-9-12-16/h4,6-9,11-12H,3,5,10,13-15H2,1-2H3,(H2,20,22)(H,21,23). The molecule has 4 nitrogen and oxygen atoms in total. The minimum atomic E-state index is -1.16. The Morgan fingerprint density at radius 1 is 1.22 bits per heavy atom. The highest BCUT2D eigenvalue weighted by atomic mass is 16.2. The molecule has 0 spiro atoms. The van der Waals surface area contributed by atoms with Crippen LogP contribution in [0, 0.1) is 5.41 Å².